The number of hydrogen-bond donors (Lipinski definition) is 2. The Hall–Kier alpha value is -3.54. The smallest absolute Gasteiger partial charge is 0.475 e. The Kier molecular flexibility index (Phi) is 7.29. The molecule has 8 nitrogen and oxygen atoms in total. The fourth-order valence-corrected chi connectivity index (χ4v) is 3.92. The normalized spacial score (nSPS) is 16.2. The molecule has 5 rings (SSSR count). The van der Waals surface area contributed by atoms with E-state index in [9.17, 15) is 17.6 Å². The lowest BCUT2D eigenvalue weighted by atomic mass is 10.1. The predicted molar refractivity (Wildman–Crippen MR) is 123 cm³/mol. The van der Waals surface area contributed by atoms with Crippen molar-refractivity contribution in [1.29, 1.82) is 0 Å². The summed E-state index contributed by atoms with van der Waals surface area (Å²) in [4.78, 5) is 28.1. The number of alkyl halides is 3. The number of carbonyl (C=O) groups is 1. The van der Waals surface area contributed by atoms with Crippen LogP contribution in [0.2, 0.25) is 0 Å². The highest BCUT2D eigenvalue weighted by Crippen LogP contribution is 2.29. The van der Waals surface area contributed by atoms with E-state index in [2.05, 4.69) is 15.1 Å². The van der Waals surface area contributed by atoms with Crippen molar-refractivity contribution >= 4 is 28.8 Å². The van der Waals surface area contributed by atoms with E-state index in [1.165, 1.54) is 25.0 Å². The second-order valence-corrected chi connectivity index (χ2v) is 8.15. The lowest BCUT2D eigenvalue weighted by molar-refractivity contribution is -0.192. The van der Waals surface area contributed by atoms with Gasteiger partial charge in [0.15, 0.2) is 5.82 Å². The third kappa shape index (κ3) is 5.94. The van der Waals surface area contributed by atoms with Crippen LogP contribution in [0.1, 0.15) is 12.8 Å². The number of fused-ring (bicyclic) bond motifs is 1. The fraction of sp³-hybridized carbons (Fsp3) is 0.391. The van der Waals surface area contributed by atoms with Crippen molar-refractivity contribution in [2.24, 2.45) is 0 Å². The minimum atomic E-state index is -5.08. The van der Waals surface area contributed by atoms with Gasteiger partial charge in [-0.2, -0.15) is 18.2 Å². The molecule has 12 heteroatoms. The zero-order valence-corrected chi connectivity index (χ0v) is 18.7. The molecule has 0 bridgehead atoms. The van der Waals surface area contributed by atoms with E-state index in [0.717, 1.165) is 73.3 Å². The zero-order valence-electron chi connectivity index (χ0n) is 18.7. The number of pyridine rings is 1. The molecule has 3 aromatic rings. The van der Waals surface area contributed by atoms with E-state index in [4.69, 9.17) is 24.9 Å². The Morgan fingerprint density at radius 2 is 1.51 bits per heavy atom. The topological polar surface area (TPSA) is 94.5 Å². The van der Waals surface area contributed by atoms with Gasteiger partial charge in [0.1, 0.15) is 11.3 Å². The first-order valence-electron chi connectivity index (χ1n) is 11.2. The number of carboxylic acid groups (broad SMARTS) is 1. The molecule has 2 saturated heterocycles. The van der Waals surface area contributed by atoms with Crippen LogP contribution in [0.5, 0.6) is 0 Å². The molecule has 0 unspecified atom stereocenters. The standard InChI is InChI=1S/C21H23FN6.C2HF3O2/c22-16-5-3-15(4-6-16)17-7-8-18-19(24-17)20(27-13-9-23-10-14-27)26-21(25-18)28-11-1-2-12-28;3-2(4,5)1(6)7/h3-8,23H,1-2,9-14H2;(H,6,7). The summed E-state index contributed by atoms with van der Waals surface area (Å²) in [6.07, 6.45) is -2.71. The summed E-state index contributed by atoms with van der Waals surface area (Å²) in [5.74, 6) is -1.30. The van der Waals surface area contributed by atoms with Gasteiger partial charge in [-0.1, -0.05) is 0 Å². The Balaban J connectivity index is 0.000000364. The number of aliphatic carboxylic acids is 1. The Bertz CT molecular complexity index is 1180. The molecule has 0 atom stereocenters. The van der Waals surface area contributed by atoms with Gasteiger partial charge in [0.25, 0.3) is 0 Å². The van der Waals surface area contributed by atoms with Gasteiger partial charge in [0.05, 0.1) is 11.2 Å². The van der Waals surface area contributed by atoms with Crippen LogP contribution in [-0.2, 0) is 4.79 Å². The summed E-state index contributed by atoms with van der Waals surface area (Å²) < 4.78 is 45.0. The summed E-state index contributed by atoms with van der Waals surface area (Å²) >= 11 is 0. The lowest BCUT2D eigenvalue weighted by Crippen LogP contribution is -2.44. The highest BCUT2D eigenvalue weighted by Gasteiger charge is 2.38. The Labute approximate surface area is 198 Å². The third-order valence-corrected chi connectivity index (χ3v) is 5.70. The van der Waals surface area contributed by atoms with Crippen LogP contribution in [0.3, 0.4) is 0 Å². The van der Waals surface area contributed by atoms with Crippen LogP contribution in [0.4, 0.5) is 29.3 Å². The number of halogens is 4. The van der Waals surface area contributed by atoms with Crippen LogP contribution < -0.4 is 15.1 Å². The van der Waals surface area contributed by atoms with Crippen molar-refractivity contribution in [1.82, 2.24) is 20.3 Å². The molecule has 1 aromatic carbocycles. The SMILES string of the molecule is Fc1ccc(-c2ccc3nc(N4CCCC4)nc(N4CCNCC4)c3n2)cc1.O=C(O)C(F)(F)F. The van der Waals surface area contributed by atoms with E-state index in [0.29, 0.717) is 0 Å². The van der Waals surface area contributed by atoms with E-state index < -0.39 is 12.1 Å². The van der Waals surface area contributed by atoms with Crippen molar-refractivity contribution in [2.75, 3.05) is 49.1 Å². The minimum absolute atomic E-state index is 0.246. The molecule has 0 amide bonds. The summed E-state index contributed by atoms with van der Waals surface area (Å²) in [6.45, 7) is 5.67. The van der Waals surface area contributed by atoms with E-state index in [-0.39, 0.29) is 5.82 Å². The monoisotopic (exact) mass is 492 g/mol. The number of nitrogens with zero attached hydrogens (tertiary/aromatic N) is 5. The maximum absolute atomic E-state index is 13.3. The highest BCUT2D eigenvalue weighted by atomic mass is 19.4. The van der Waals surface area contributed by atoms with Gasteiger partial charge < -0.3 is 20.2 Å². The van der Waals surface area contributed by atoms with Gasteiger partial charge in [-0.25, -0.2) is 19.2 Å². The van der Waals surface area contributed by atoms with Crippen molar-refractivity contribution in [3.63, 3.8) is 0 Å². The average molecular weight is 492 g/mol. The van der Waals surface area contributed by atoms with Crippen molar-refractivity contribution < 1.29 is 27.5 Å². The first-order valence-corrected chi connectivity index (χ1v) is 11.2. The minimum Gasteiger partial charge on any atom is -0.475 e. The number of benzene rings is 1. The van der Waals surface area contributed by atoms with E-state index in [1.807, 2.05) is 12.1 Å². The van der Waals surface area contributed by atoms with Crippen molar-refractivity contribution in [3.8, 4) is 11.3 Å². The van der Waals surface area contributed by atoms with Gasteiger partial charge in [0, 0.05) is 44.8 Å². The first-order chi connectivity index (χ1) is 16.7. The molecule has 2 aliphatic rings. The maximum atomic E-state index is 13.3. The highest BCUT2D eigenvalue weighted by molar-refractivity contribution is 5.89. The van der Waals surface area contributed by atoms with Gasteiger partial charge in [0.2, 0.25) is 5.95 Å². The number of nitrogens with one attached hydrogen (secondary N) is 1. The Morgan fingerprint density at radius 1 is 0.886 bits per heavy atom. The molecular formula is C23H24F4N6O2. The molecule has 2 N–H and O–H groups in total. The quantitative estimate of drug-likeness (QED) is 0.537. The molecule has 2 aromatic heterocycles. The van der Waals surface area contributed by atoms with Crippen LogP contribution in [0, 0.1) is 5.82 Å². The molecule has 186 valence electrons. The summed E-state index contributed by atoms with van der Waals surface area (Å²) in [5.41, 5.74) is 3.36. The molecule has 0 spiro atoms. The molecule has 0 radical (unpaired) electrons. The molecule has 0 saturated carbocycles. The van der Waals surface area contributed by atoms with Gasteiger partial charge in [-0.15, -0.1) is 0 Å². The maximum Gasteiger partial charge on any atom is 0.490 e. The Morgan fingerprint density at radius 3 is 2.11 bits per heavy atom. The second-order valence-electron chi connectivity index (χ2n) is 8.15. The van der Waals surface area contributed by atoms with Gasteiger partial charge >= 0.3 is 12.1 Å². The number of carboxylic acids is 1. The zero-order chi connectivity index (χ0) is 25.0. The molecule has 4 heterocycles. The molecule has 35 heavy (non-hydrogen) atoms. The molecule has 0 aliphatic carbocycles. The number of hydrogen-bond acceptors (Lipinski definition) is 7. The number of aromatic nitrogens is 3. The van der Waals surface area contributed by atoms with Crippen molar-refractivity contribution in [3.05, 3.63) is 42.2 Å². The number of rotatable bonds is 3. The first kappa shape index (κ1) is 24.6. The predicted octanol–water partition coefficient (Wildman–Crippen LogP) is 3.47. The second kappa shape index (κ2) is 10.4. The van der Waals surface area contributed by atoms with Crippen LogP contribution >= 0.6 is 0 Å². The average Bonchev–Trinajstić information content (AvgIpc) is 3.39. The summed E-state index contributed by atoms with van der Waals surface area (Å²) in [5, 5.41) is 10.5. The van der Waals surface area contributed by atoms with Crippen LogP contribution in [0.15, 0.2) is 36.4 Å². The molecule has 2 aliphatic heterocycles. The fourth-order valence-electron chi connectivity index (χ4n) is 3.92. The molecule has 2 fully saturated rings. The van der Waals surface area contributed by atoms with E-state index in [1.54, 1.807) is 12.1 Å². The number of anilines is 2. The van der Waals surface area contributed by atoms with Crippen LogP contribution in [0.25, 0.3) is 22.3 Å². The van der Waals surface area contributed by atoms with Crippen molar-refractivity contribution in [2.45, 2.75) is 19.0 Å². The summed E-state index contributed by atoms with van der Waals surface area (Å²) in [6, 6.07) is 10.4. The summed E-state index contributed by atoms with van der Waals surface area (Å²) in [7, 11) is 0. The van der Waals surface area contributed by atoms with Gasteiger partial charge in [-0.05, 0) is 49.2 Å². The third-order valence-electron chi connectivity index (χ3n) is 5.70. The van der Waals surface area contributed by atoms with Gasteiger partial charge in [-0.3, -0.25) is 0 Å². The largest absolute Gasteiger partial charge is 0.490 e. The number of piperazine rings is 1. The van der Waals surface area contributed by atoms with Crippen LogP contribution in [-0.4, -0.2) is 71.5 Å². The molecular weight excluding hydrogens is 468 g/mol. The van der Waals surface area contributed by atoms with E-state index >= 15 is 0 Å². The lowest BCUT2D eigenvalue weighted by Gasteiger charge is -2.29.